The van der Waals surface area contributed by atoms with Crippen LogP contribution in [0.25, 0.3) is 5.76 Å². The molecule has 42 heavy (non-hydrogen) atoms. The van der Waals surface area contributed by atoms with Gasteiger partial charge >= 0.3 is 5.91 Å². The smallest absolute Gasteiger partial charge is 0.301 e. The number of aliphatic hydroxyl groups excluding tert-OH is 1. The number of benzene rings is 3. The molecule has 216 valence electrons. The summed E-state index contributed by atoms with van der Waals surface area (Å²) in [5.41, 5.74) is 1.31. The Labute approximate surface area is 248 Å². The van der Waals surface area contributed by atoms with Crippen LogP contribution in [0.3, 0.4) is 0 Å². The molecule has 0 saturated carbocycles. The van der Waals surface area contributed by atoms with Crippen molar-refractivity contribution in [1.29, 1.82) is 0 Å². The van der Waals surface area contributed by atoms with Gasteiger partial charge in [0.05, 0.1) is 24.8 Å². The lowest BCUT2D eigenvalue weighted by Gasteiger charge is -2.23. The molecule has 2 heterocycles. The van der Waals surface area contributed by atoms with Crippen LogP contribution < -0.4 is 14.4 Å². The first-order valence-electron chi connectivity index (χ1n) is 13.0. The Balaban J connectivity index is 1.57. The van der Waals surface area contributed by atoms with E-state index in [2.05, 4.69) is 10.2 Å². The van der Waals surface area contributed by atoms with Gasteiger partial charge in [-0.25, -0.2) is 8.78 Å². The number of Topliss-reactive ketones (excluding diaryl/α,β-unsaturated/α-hetero) is 1. The number of halogens is 2. The van der Waals surface area contributed by atoms with Gasteiger partial charge in [0.2, 0.25) is 5.13 Å². The lowest BCUT2D eigenvalue weighted by atomic mass is 9.95. The summed E-state index contributed by atoms with van der Waals surface area (Å²) in [6.07, 6.45) is 0. The number of aliphatic hydroxyl groups is 1. The third kappa shape index (κ3) is 6.00. The van der Waals surface area contributed by atoms with Gasteiger partial charge in [0, 0.05) is 11.3 Å². The van der Waals surface area contributed by atoms with Gasteiger partial charge < -0.3 is 14.6 Å². The number of hydrogen-bond acceptors (Lipinski definition) is 9. The largest absolute Gasteiger partial charge is 0.507 e. The Morgan fingerprint density at radius 2 is 1.57 bits per heavy atom. The van der Waals surface area contributed by atoms with E-state index in [1.165, 1.54) is 40.9 Å². The standard InChI is InChI=1S/C30H25F2N3O5S2/c1-3-39-22-14-9-19(15-23(22)40-4-2)25-24(26(36)18-7-12-21(32)13-8-18)27(37)28(38)35(25)29-33-34-30(42-29)41-16-17-5-10-20(31)11-6-17/h5-15,25,36H,3-4,16H2,1-2H3/b26-24+. The molecule has 0 aliphatic carbocycles. The maximum Gasteiger partial charge on any atom is 0.301 e. The number of nitrogens with zero attached hydrogens (tertiary/aromatic N) is 3. The van der Waals surface area contributed by atoms with Gasteiger partial charge in [-0.15, -0.1) is 10.2 Å². The number of rotatable bonds is 10. The highest BCUT2D eigenvalue weighted by Crippen LogP contribution is 2.45. The molecule has 0 bridgehead atoms. The van der Waals surface area contributed by atoms with Crippen molar-refractivity contribution in [3.8, 4) is 11.5 Å². The summed E-state index contributed by atoms with van der Waals surface area (Å²) in [5.74, 6) is -1.77. The number of ether oxygens (including phenoxy) is 2. The molecule has 8 nitrogen and oxygen atoms in total. The zero-order valence-electron chi connectivity index (χ0n) is 22.5. The van der Waals surface area contributed by atoms with Crippen LogP contribution in [-0.2, 0) is 15.3 Å². The van der Waals surface area contributed by atoms with Crippen molar-refractivity contribution in [2.45, 2.75) is 30.0 Å². The fourth-order valence-electron chi connectivity index (χ4n) is 4.43. The second-order valence-electron chi connectivity index (χ2n) is 9.01. The lowest BCUT2D eigenvalue weighted by molar-refractivity contribution is -0.132. The Bertz CT molecular complexity index is 1640. The molecule has 1 N–H and O–H groups in total. The number of amides is 1. The van der Waals surface area contributed by atoms with Crippen LogP contribution in [0.1, 0.15) is 36.6 Å². The lowest BCUT2D eigenvalue weighted by Crippen LogP contribution is -2.29. The Morgan fingerprint density at radius 1 is 0.929 bits per heavy atom. The van der Waals surface area contributed by atoms with Crippen LogP contribution in [0, 0.1) is 11.6 Å². The van der Waals surface area contributed by atoms with Gasteiger partial charge in [0.25, 0.3) is 5.78 Å². The van der Waals surface area contributed by atoms with Crippen molar-refractivity contribution in [3.63, 3.8) is 0 Å². The highest BCUT2D eigenvalue weighted by molar-refractivity contribution is 8.00. The van der Waals surface area contributed by atoms with Gasteiger partial charge in [-0.1, -0.05) is 41.3 Å². The van der Waals surface area contributed by atoms with Gasteiger partial charge in [-0.05, 0) is 73.5 Å². The molecule has 1 atom stereocenters. The summed E-state index contributed by atoms with van der Waals surface area (Å²) in [6.45, 7) is 4.38. The van der Waals surface area contributed by atoms with Crippen molar-refractivity contribution in [2.75, 3.05) is 18.1 Å². The minimum absolute atomic E-state index is 0.147. The molecule has 1 unspecified atom stereocenters. The molecule has 1 aromatic heterocycles. The molecular weight excluding hydrogens is 584 g/mol. The molecule has 0 spiro atoms. The molecule has 3 aromatic carbocycles. The molecule has 4 aromatic rings. The zero-order chi connectivity index (χ0) is 29.8. The van der Waals surface area contributed by atoms with Crippen molar-refractivity contribution >= 4 is 45.7 Å². The SMILES string of the molecule is CCOc1ccc(C2/C(=C(\O)c3ccc(F)cc3)C(=O)C(=O)N2c2nnc(SCc3ccc(F)cc3)s2)cc1OCC. The molecule has 0 radical (unpaired) electrons. The van der Waals surface area contributed by atoms with E-state index < -0.39 is 29.3 Å². The minimum Gasteiger partial charge on any atom is -0.507 e. The van der Waals surface area contributed by atoms with E-state index in [-0.39, 0.29) is 22.1 Å². The number of carbonyl (C=O) groups is 2. The molecule has 1 fully saturated rings. The third-order valence-electron chi connectivity index (χ3n) is 6.32. The van der Waals surface area contributed by atoms with Crippen molar-refractivity contribution in [1.82, 2.24) is 10.2 Å². The van der Waals surface area contributed by atoms with E-state index in [0.717, 1.165) is 29.0 Å². The Morgan fingerprint density at radius 3 is 2.24 bits per heavy atom. The fourth-order valence-corrected chi connectivity index (χ4v) is 6.25. The molecule has 12 heteroatoms. The van der Waals surface area contributed by atoms with Crippen LogP contribution in [0.2, 0.25) is 0 Å². The number of anilines is 1. The van der Waals surface area contributed by atoms with Gasteiger partial charge in [0.15, 0.2) is 15.8 Å². The molecule has 5 rings (SSSR count). The minimum atomic E-state index is -1.09. The molecule has 1 amide bonds. The van der Waals surface area contributed by atoms with E-state index in [0.29, 0.717) is 40.4 Å². The van der Waals surface area contributed by atoms with Gasteiger partial charge in [0.1, 0.15) is 17.4 Å². The van der Waals surface area contributed by atoms with Crippen LogP contribution in [-0.4, -0.2) is 40.2 Å². The maximum atomic E-state index is 13.6. The monoisotopic (exact) mass is 609 g/mol. The number of ketones is 1. The molecular formula is C30H25F2N3O5S2. The topological polar surface area (TPSA) is 102 Å². The van der Waals surface area contributed by atoms with Crippen LogP contribution in [0.4, 0.5) is 13.9 Å². The highest BCUT2D eigenvalue weighted by Gasteiger charge is 2.48. The molecule has 1 saturated heterocycles. The summed E-state index contributed by atoms with van der Waals surface area (Å²) in [7, 11) is 0. The fraction of sp³-hybridized carbons (Fsp3) is 0.200. The van der Waals surface area contributed by atoms with E-state index in [1.807, 2.05) is 13.8 Å². The van der Waals surface area contributed by atoms with Crippen LogP contribution in [0.15, 0.2) is 76.6 Å². The molecule has 1 aliphatic rings. The number of hydrogen-bond donors (Lipinski definition) is 1. The average Bonchev–Trinajstić information content (AvgIpc) is 3.56. The van der Waals surface area contributed by atoms with E-state index in [9.17, 15) is 23.5 Å². The first-order valence-corrected chi connectivity index (χ1v) is 14.8. The van der Waals surface area contributed by atoms with Crippen LogP contribution in [0.5, 0.6) is 11.5 Å². The second-order valence-corrected chi connectivity index (χ2v) is 11.2. The predicted molar refractivity (Wildman–Crippen MR) is 156 cm³/mol. The Hall–Kier alpha value is -4.29. The van der Waals surface area contributed by atoms with E-state index >= 15 is 0 Å². The zero-order valence-corrected chi connectivity index (χ0v) is 24.2. The van der Waals surface area contributed by atoms with Crippen molar-refractivity contribution in [3.05, 3.63) is 101 Å². The summed E-state index contributed by atoms with van der Waals surface area (Å²) in [5, 5.41) is 19.8. The number of thioether (sulfide) groups is 1. The van der Waals surface area contributed by atoms with Gasteiger partial charge in [-0.2, -0.15) is 0 Å². The van der Waals surface area contributed by atoms with Crippen molar-refractivity contribution in [2.24, 2.45) is 0 Å². The third-order valence-corrected chi connectivity index (χ3v) is 8.45. The number of aromatic nitrogens is 2. The highest BCUT2D eigenvalue weighted by atomic mass is 32.2. The summed E-state index contributed by atoms with van der Waals surface area (Å²) in [4.78, 5) is 28.2. The number of carbonyl (C=O) groups excluding carboxylic acids is 2. The van der Waals surface area contributed by atoms with E-state index in [4.69, 9.17) is 9.47 Å². The van der Waals surface area contributed by atoms with Crippen molar-refractivity contribution < 1.29 is 33.0 Å². The van der Waals surface area contributed by atoms with E-state index in [1.54, 1.807) is 30.3 Å². The molecule has 1 aliphatic heterocycles. The summed E-state index contributed by atoms with van der Waals surface area (Å²) < 4.78 is 38.9. The van der Waals surface area contributed by atoms with Crippen LogP contribution >= 0.6 is 23.1 Å². The normalized spacial score (nSPS) is 16.2. The first-order chi connectivity index (χ1) is 20.3. The first kappa shape index (κ1) is 29.2. The summed E-state index contributed by atoms with van der Waals surface area (Å²) >= 11 is 2.45. The quantitative estimate of drug-likeness (QED) is 0.0712. The van der Waals surface area contributed by atoms with Gasteiger partial charge in [-0.3, -0.25) is 14.5 Å². The average molecular weight is 610 g/mol. The second kappa shape index (κ2) is 12.7. The summed E-state index contributed by atoms with van der Waals surface area (Å²) in [6, 6.07) is 15.0. The maximum absolute atomic E-state index is 13.6. The Kier molecular flexibility index (Phi) is 8.83. The predicted octanol–water partition coefficient (Wildman–Crippen LogP) is 6.53.